The number of nitro benzene ring substituents is 1. The first-order chi connectivity index (χ1) is 8.08. The molecule has 0 aliphatic rings. The van der Waals surface area contributed by atoms with Crippen molar-refractivity contribution in [2.24, 2.45) is 0 Å². The zero-order valence-electron chi connectivity index (χ0n) is 8.41. The van der Waals surface area contributed by atoms with Crippen LogP contribution in [-0.2, 0) is 0 Å². The van der Waals surface area contributed by atoms with Gasteiger partial charge in [-0.1, -0.05) is 0 Å². The van der Waals surface area contributed by atoms with E-state index in [1.165, 1.54) is 0 Å². The van der Waals surface area contributed by atoms with E-state index in [2.05, 4.69) is 5.32 Å². The molecule has 0 unspecified atom stereocenters. The molecule has 0 amide bonds. The fourth-order valence-electron chi connectivity index (χ4n) is 0.993. The summed E-state index contributed by atoms with van der Waals surface area (Å²) in [7, 11) is 0. The molecule has 17 heavy (non-hydrogen) atoms. The maximum atomic E-state index is 10.5. The lowest BCUT2D eigenvalue weighted by Gasteiger charge is -2.03. The van der Waals surface area contributed by atoms with Crippen molar-refractivity contribution >= 4 is 11.4 Å². The first-order valence-electron chi connectivity index (χ1n) is 4.32. The van der Waals surface area contributed by atoms with Crippen molar-refractivity contribution in [3.63, 3.8) is 0 Å². The zero-order chi connectivity index (χ0) is 12.8. The third-order valence-corrected chi connectivity index (χ3v) is 1.80. The molecule has 0 fully saturated rings. The Morgan fingerprint density at radius 2 is 2.12 bits per heavy atom. The number of nitriles is 2. The number of nitrogens with one attached hydrogen (secondary N) is 1. The van der Waals surface area contributed by atoms with Crippen LogP contribution in [0.3, 0.4) is 0 Å². The second-order valence-electron chi connectivity index (χ2n) is 2.88. The van der Waals surface area contributed by atoms with Crippen LogP contribution >= 0.6 is 0 Å². The number of hydrogen-bond acceptors (Lipinski definition) is 6. The highest BCUT2D eigenvalue weighted by molar-refractivity contribution is 5.62. The minimum absolute atomic E-state index is 0.0437. The molecule has 84 valence electrons. The van der Waals surface area contributed by atoms with Gasteiger partial charge in [0, 0.05) is 18.3 Å². The van der Waals surface area contributed by atoms with Crippen LogP contribution in [0.5, 0.6) is 5.75 Å². The van der Waals surface area contributed by atoms with Gasteiger partial charge in [-0.05, 0) is 6.07 Å². The van der Waals surface area contributed by atoms with Gasteiger partial charge in [0.25, 0.3) is 5.69 Å². The molecule has 0 saturated heterocycles. The SMILES string of the molecule is N#CC(C#N)=CNc1cc([N+](=O)[O-])ccc1O. The standard InChI is InChI=1S/C10H6N4O3/c11-4-7(5-12)6-13-9-3-8(14(16)17)1-2-10(9)15/h1-3,6,13,15H. The number of aromatic hydroxyl groups is 1. The Kier molecular flexibility index (Phi) is 3.63. The van der Waals surface area contributed by atoms with Gasteiger partial charge < -0.3 is 10.4 Å². The summed E-state index contributed by atoms with van der Waals surface area (Å²) in [4.78, 5) is 9.87. The van der Waals surface area contributed by atoms with Crippen molar-refractivity contribution < 1.29 is 10.0 Å². The average Bonchev–Trinajstić information content (AvgIpc) is 2.32. The van der Waals surface area contributed by atoms with Crippen LogP contribution in [0.15, 0.2) is 30.0 Å². The zero-order valence-corrected chi connectivity index (χ0v) is 8.41. The van der Waals surface area contributed by atoms with Crippen molar-refractivity contribution in [3.05, 3.63) is 40.1 Å². The van der Waals surface area contributed by atoms with E-state index in [4.69, 9.17) is 10.5 Å². The summed E-state index contributed by atoms with van der Waals surface area (Å²) in [5.74, 6) is -0.220. The van der Waals surface area contributed by atoms with Gasteiger partial charge in [0.15, 0.2) is 0 Å². The summed E-state index contributed by atoms with van der Waals surface area (Å²) in [5, 5.41) is 39.3. The Morgan fingerprint density at radius 1 is 1.47 bits per heavy atom. The minimum atomic E-state index is -0.621. The first-order valence-corrected chi connectivity index (χ1v) is 4.32. The fourth-order valence-corrected chi connectivity index (χ4v) is 0.993. The summed E-state index contributed by atoms with van der Waals surface area (Å²) in [5.41, 5.74) is -0.382. The number of phenolic OH excluding ortho intramolecular Hbond substituents is 1. The van der Waals surface area contributed by atoms with E-state index < -0.39 is 4.92 Å². The summed E-state index contributed by atoms with van der Waals surface area (Å²) >= 11 is 0. The molecule has 0 aliphatic carbocycles. The molecule has 1 aromatic carbocycles. The van der Waals surface area contributed by atoms with Crippen molar-refractivity contribution in [2.75, 3.05) is 5.32 Å². The van der Waals surface area contributed by atoms with Gasteiger partial charge in [-0.2, -0.15) is 10.5 Å². The van der Waals surface area contributed by atoms with Crippen LogP contribution in [-0.4, -0.2) is 10.0 Å². The van der Waals surface area contributed by atoms with Crippen LogP contribution in [0.1, 0.15) is 0 Å². The Morgan fingerprint density at radius 3 is 2.65 bits per heavy atom. The monoisotopic (exact) mass is 230 g/mol. The van der Waals surface area contributed by atoms with Crippen molar-refractivity contribution in [1.29, 1.82) is 10.5 Å². The Hall–Kier alpha value is -3.06. The van der Waals surface area contributed by atoms with E-state index in [9.17, 15) is 15.2 Å². The molecule has 0 aromatic heterocycles. The maximum absolute atomic E-state index is 10.5. The van der Waals surface area contributed by atoms with E-state index in [1.807, 2.05) is 0 Å². The molecule has 2 N–H and O–H groups in total. The number of non-ortho nitro benzene ring substituents is 1. The number of benzene rings is 1. The van der Waals surface area contributed by atoms with Gasteiger partial charge in [0.1, 0.15) is 23.5 Å². The maximum Gasteiger partial charge on any atom is 0.271 e. The quantitative estimate of drug-likeness (QED) is 0.352. The topological polar surface area (TPSA) is 123 Å². The fraction of sp³-hybridized carbons (Fsp3) is 0. The van der Waals surface area contributed by atoms with Crippen LogP contribution in [0, 0.1) is 32.8 Å². The molecule has 1 rings (SSSR count). The Bertz CT molecular complexity index is 550. The molecule has 1 aromatic rings. The average molecular weight is 230 g/mol. The molecule has 0 bridgehead atoms. The van der Waals surface area contributed by atoms with Crippen molar-refractivity contribution in [1.82, 2.24) is 0 Å². The van der Waals surface area contributed by atoms with Gasteiger partial charge in [0.2, 0.25) is 0 Å². The first kappa shape index (κ1) is 12.0. The van der Waals surface area contributed by atoms with Crippen LogP contribution in [0.2, 0.25) is 0 Å². The van der Waals surface area contributed by atoms with Crippen molar-refractivity contribution in [2.45, 2.75) is 0 Å². The number of hydrogen-bond donors (Lipinski definition) is 2. The van der Waals surface area contributed by atoms with E-state index in [-0.39, 0.29) is 22.7 Å². The summed E-state index contributed by atoms with van der Waals surface area (Å²) in [6.45, 7) is 0. The third-order valence-electron chi connectivity index (χ3n) is 1.80. The molecule has 0 saturated carbocycles. The van der Waals surface area contributed by atoms with Crippen molar-refractivity contribution in [3.8, 4) is 17.9 Å². The predicted octanol–water partition coefficient (Wildman–Crippen LogP) is 1.64. The lowest BCUT2D eigenvalue weighted by atomic mass is 10.2. The molecule has 7 nitrogen and oxygen atoms in total. The van der Waals surface area contributed by atoms with Crippen LogP contribution in [0.25, 0.3) is 0 Å². The smallest absolute Gasteiger partial charge is 0.271 e. The van der Waals surface area contributed by atoms with Gasteiger partial charge in [-0.15, -0.1) is 0 Å². The third kappa shape index (κ3) is 2.94. The number of phenols is 1. The summed E-state index contributed by atoms with van der Waals surface area (Å²) in [6.07, 6.45) is 1.05. The molecular weight excluding hydrogens is 224 g/mol. The molecular formula is C10H6N4O3. The normalized spacial score (nSPS) is 8.59. The highest BCUT2D eigenvalue weighted by Crippen LogP contribution is 2.27. The highest BCUT2D eigenvalue weighted by atomic mass is 16.6. The van der Waals surface area contributed by atoms with E-state index >= 15 is 0 Å². The summed E-state index contributed by atoms with van der Waals surface area (Å²) in [6, 6.07) is 6.58. The number of allylic oxidation sites excluding steroid dienone is 1. The van der Waals surface area contributed by atoms with Crippen LogP contribution < -0.4 is 5.32 Å². The molecule has 0 spiro atoms. The van der Waals surface area contributed by atoms with E-state index in [1.54, 1.807) is 12.1 Å². The molecule has 0 heterocycles. The molecule has 0 atom stereocenters. The van der Waals surface area contributed by atoms with Gasteiger partial charge in [0.05, 0.1) is 10.6 Å². The number of nitro groups is 1. The predicted molar refractivity (Wildman–Crippen MR) is 57.7 cm³/mol. The second-order valence-corrected chi connectivity index (χ2v) is 2.88. The van der Waals surface area contributed by atoms with E-state index in [0.717, 1.165) is 24.4 Å². The van der Waals surface area contributed by atoms with Gasteiger partial charge in [-0.25, -0.2) is 0 Å². The summed E-state index contributed by atoms with van der Waals surface area (Å²) < 4.78 is 0. The Labute approximate surface area is 96.0 Å². The number of rotatable bonds is 3. The highest BCUT2D eigenvalue weighted by Gasteiger charge is 2.09. The van der Waals surface area contributed by atoms with Gasteiger partial charge in [-0.3, -0.25) is 10.1 Å². The molecule has 7 heteroatoms. The number of anilines is 1. The molecule has 0 radical (unpaired) electrons. The van der Waals surface area contributed by atoms with Gasteiger partial charge >= 0.3 is 0 Å². The molecule has 0 aliphatic heterocycles. The lowest BCUT2D eigenvalue weighted by molar-refractivity contribution is -0.384. The number of nitrogens with zero attached hydrogens (tertiary/aromatic N) is 3. The minimum Gasteiger partial charge on any atom is -0.506 e. The lowest BCUT2D eigenvalue weighted by Crippen LogP contribution is -1.93. The Balaban J connectivity index is 3.04. The van der Waals surface area contributed by atoms with Crippen LogP contribution in [0.4, 0.5) is 11.4 Å². The largest absolute Gasteiger partial charge is 0.506 e. The van der Waals surface area contributed by atoms with E-state index in [0.29, 0.717) is 0 Å². The second kappa shape index (κ2) is 5.14.